The van der Waals surface area contributed by atoms with E-state index in [9.17, 15) is 8.78 Å². The van der Waals surface area contributed by atoms with Crippen molar-refractivity contribution in [2.24, 2.45) is 11.7 Å². The fraction of sp³-hybridized carbons (Fsp3) is 1.00. The van der Waals surface area contributed by atoms with Crippen LogP contribution in [0, 0.1) is 5.92 Å². The maximum absolute atomic E-state index is 12.9. The minimum atomic E-state index is -2.71. The highest BCUT2D eigenvalue weighted by atomic mass is 19.3. The maximum atomic E-state index is 12.9. The Morgan fingerprint density at radius 3 is 2.00 bits per heavy atom. The predicted molar refractivity (Wildman–Crippen MR) is 49.8 cm³/mol. The molecule has 0 aromatic carbocycles. The van der Waals surface area contributed by atoms with Gasteiger partial charge < -0.3 is 5.73 Å². The molecule has 0 radical (unpaired) electrons. The summed E-state index contributed by atoms with van der Waals surface area (Å²) in [7, 11) is 0. The summed E-state index contributed by atoms with van der Waals surface area (Å²) in [5.41, 5.74) is 5.54. The molecule has 0 spiro atoms. The highest BCUT2D eigenvalue weighted by Crippen LogP contribution is 2.31. The Bertz CT molecular complexity index is 145. The van der Waals surface area contributed by atoms with E-state index in [-0.39, 0.29) is 5.92 Å². The molecule has 0 heterocycles. The Labute approximate surface area is 78.7 Å². The summed E-state index contributed by atoms with van der Waals surface area (Å²) < 4.78 is 25.8. The largest absolute Gasteiger partial charge is 0.322 e. The van der Waals surface area contributed by atoms with Gasteiger partial charge in [0.15, 0.2) is 0 Å². The van der Waals surface area contributed by atoms with Crippen LogP contribution in [0.15, 0.2) is 0 Å². The minimum absolute atomic E-state index is 0.0301. The monoisotopic (exact) mass is 191 g/mol. The topological polar surface area (TPSA) is 26.0 Å². The van der Waals surface area contributed by atoms with Crippen LogP contribution in [-0.4, -0.2) is 12.0 Å². The van der Waals surface area contributed by atoms with Crippen molar-refractivity contribution in [3.8, 4) is 0 Å². The molecule has 2 N–H and O–H groups in total. The molecule has 1 aliphatic carbocycles. The van der Waals surface area contributed by atoms with Gasteiger partial charge in [0, 0.05) is 6.92 Å². The summed E-state index contributed by atoms with van der Waals surface area (Å²) in [5, 5.41) is 0. The van der Waals surface area contributed by atoms with E-state index in [1.54, 1.807) is 0 Å². The average Bonchev–Trinajstić information content (AvgIpc) is 2.28. The molecule has 0 aromatic rings. The number of alkyl halides is 2. The lowest BCUT2D eigenvalue weighted by Crippen LogP contribution is -2.44. The van der Waals surface area contributed by atoms with Crippen molar-refractivity contribution in [1.82, 2.24) is 0 Å². The van der Waals surface area contributed by atoms with Gasteiger partial charge in [0.25, 0.3) is 5.92 Å². The quantitative estimate of drug-likeness (QED) is 0.667. The molecule has 0 amide bonds. The molecule has 13 heavy (non-hydrogen) atoms. The summed E-state index contributed by atoms with van der Waals surface area (Å²) in [5.74, 6) is -2.68. The standard InChI is InChI=1S/C10H19F2N/c1-10(11,12)9(13)8-6-4-2-3-5-7-8/h8-9H,2-7,13H2,1H3. The van der Waals surface area contributed by atoms with Gasteiger partial charge in [0.1, 0.15) is 0 Å². The van der Waals surface area contributed by atoms with Crippen molar-refractivity contribution >= 4 is 0 Å². The van der Waals surface area contributed by atoms with E-state index < -0.39 is 12.0 Å². The molecule has 1 nitrogen and oxygen atoms in total. The van der Waals surface area contributed by atoms with Crippen molar-refractivity contribution < 1.29 is 8.78 Å². The van der Waals surface area contributed by atoms with Crippen LogP contribution < -0.4 is 5.73 Å². The maximum Gasteiger partial charge on any atom is 0.260 e. The fourth-order valence-electron chi connectivity index (χ4n) is 2.08. The first-order valence-corrected chi connectivity index (χ1v) is 5.15. The Kier molecular flexibility index (Phi) is 3.65. The minimum Gasteiger partial charge on any atom is -0.322 e. The van der Waals surface area contributed by atoms with E-state index in [2.05, 4.69) is 0 Å². The second-order valence-corrected chi connectivity index (χ2v) is 4.23. The lowest BCUT2D eigenvalue weighted by molar-refractivity contribution is -0.0266. The predicted octanol–water partition coefficient (Wildman–Crippen LogP) is 2.94. The fourth-order valence-corrected chi connectivity index (χ4v) is 2.08. The van der Waals surface area contributed by atoms with E-state index in [4.69, 9.17) is 5.73 Å². The van der Waals surface area contributed by atoms with Gasteiger partial charge in [-0.25, -0.2) is 8.78 Å². The molecule has 1 rings (SSSR count). The summed E-state index contributed by atoms with van der Waals surface area (Å²) in [6, 6.07) is -0.939. The molecule has 1 saturated carbocycles. The molecule has 1 aliphatic rings. The van der Waals surface area contributed by atoms with E-state index in [1.165, 1.54) is 12.8 Å². The van der Waals surface area contributed by atoms with Crippen molar-refractivity contribution in [2.45, 2.75) is 57.4 Å². The molecule has 0 aromatic heterocycles. The Morgan fingerprint density at radius 2 is 1.62 bits per heavy atom. The summed E-state index contributed by atoms with van der Waals surface area (Å²) >= 11 is 0. The van der Waals surface area contributed by atoms with E-state index in [0.29, 0.717) is 0 Å². The Hall–Kier alpha value is -0.180. The lowest BCUT2D eigenvalue weighted by Gasteiger charge is -2.27. The van der Waals surface area contributed by atoms with Crippen LogP contribution in [0.1, 0.15) is 45.4 Å². The zero-order chi connectivity index (χ0) is 9.90. The van der Waals surface area contributed by atoms with E-state index in [1.807, 2.05) is 0 Å². The van der Waals surface area contributed by atoms with E-state index >= 15 is 0 Å². The van der Waals surface area contributed by atoms with Crippen LogP contribution in [0.5, 0.6) is 0 Å². The molecular formula is C10H19F2N. The first kappa shape index (κ1) is 10.9. The molecule has 3 heteroatoms. The lowest BCUT2D eigenvalue weighted by atomic mass is 9.89. The molecule has 0 saturated heterocycles. The third-order valence-electron chi connectivity index (χ3n) is 2.99. The summed E-state index contributed by atoms with van der Waals surface area (Å²) in [4.78, 5) is 0. The number of hydrogen-bond acceptors (Lipinski definition) is 1. The van der Waals surface area contributed by atoms with Gasteiger partial charge in [0.2, 0.25) is 0 Å². The van der Waals surface area contributed by atoms with E-state index in [0.717, 1.165) is 32.6 Å². The Balaban J connectivity index is 2.48. The first-order chi connectivity index (χ1) is 6.02. The van der Waals surface area contributed by atoms with Crippen LogP contribution in [0.4, 0.5) is 8.78 Å². The van der Waals surface area contributed by atoms with Gasteiger partial charge in [0.05, 0.1) is 6.04 Å². The van der Waals surface area contributed by atoms with Gasteiger partial charge in [-0.1, -0.05) is 25.7 Å². The second kappa shape index (κ2) is 4.36. The second-order valence-electron chi connectivity index (χ2n) is 4.23. The smallest absolute Gasteiger partial charge is 0.260 e. The van der Waals surface area contributed by atoms with Crippen LogP contribution in [-0.2, 0) is 0 Å². The Morgan fingerprint density at radius 1 is 1.15 bits per heavy atom. The number of hydrogen-bond donors (Lipinski definition) is 1. The van der Waals surface area contributed by atoms with Gasteiger partial charge in [-0.3, -0.25) is 0 Å². The molecule has 0 bridgehead atoms. The van der Waals surface area contributed by atoms with Gasteiger partial charge in [-0.15, -0.1) is 0 Å². The summed E-state index contributed by atoms with van der Waals surface area (Å²) in [6.07, 6.45) is 6.25. The van der Waals surface area contributed by atoms with Crippen molar-refractivity contribution in [3.05, 3.63) is 0 Å². The number of rotatable bonds is 2. The molecular weight excluding hydrogens is 172 g/mol. The van der Waals surface area contributed by atoms with Crippen molar-refractivity contribution in [3.63, 3.8) is 0 Å². The number of nitrogens with two attached hydrogens (primary N) is 1. The highest BCUT2D eigenvalue weighted by molar-refractivity contribution is 4.84. The average molecular weight is 191 g/mol. The third-order valence-corrected chi connectivity index (χ3v) is 2.99. The molecule has 1 fully saturated rings. The van der Waals surface area contributed by atoms with Crippen LogP contribution in [0.3, 0.4) is 0 Å². The zero-order valence-electron chi connectivity index (χ0n) is 8.23. The zero-order valence-corrected chi connectivity index (χ0v) is 8.23. The van der Waals surface area contributed by atoms with Gasteiger partial charge >= 0.3 is 0 Å². The van der Waals surface area contributed by atoms with Crippen LogP contribution in [0.2, 0.25) is 0 Å². The third kappa shape index (κ3) is 3.22. The molecule has 1 atom stereocenters. The van der Waals surface area contributed by atoms with Crippen molar-refractivity contribution in [2.75, 3.05) is 0 Å². The SMILES string of the molecule is CC(F)(F)C(N)C1CCCCCC1. The molecule has 1 unspecified atom stereocenters. The first-order valence-electron chi connectivity index (χ1n) is 5.15. The normalized spacial score (nSPS) is 24.0. The van der Waals surface area contributed by atoms with Gasteiger partial charge in [-0.05, 0) is 18.8 Å². The number of halogens is 2. The van der Waals surface area contributed by atoms with Gasteiger partial charge in [-0.2, -0.15) is 0 Å². The highest BCUT2D eigenvalue weighted by Gasteiger charge is 2.36. The summed E-state index contributed by atoms with van der Waals surface area (Å²) in [6.45, 7) is 0.933. The molecule has 0 aliphatic heterocycles. The van der Waals surface area contributed by atoms with Crippen LogP contribution in [0.25, 0.3) is 0 Å². The van der Waals surface area contributed by atoms with Crippen LogP contribution >= 0.6 is 0 Å². The van der Waals surface area contributed by atoms with Crippen molar-refractivity contribution in [1.29, 1.82) is 0 Å². The molecule has 78 valence electrons.